The van der Waals surface area contributed by atoms with Crippen LogP contribution in [0.1, 0.15) is 65.3 Å². The van der Waals surface area contributed by atoms with Gasteiger partial charge in [0.15, 0.2) is 5.13 Å². The molecule has 1 N–H and O–H groups in total. The molecular weight excluding hydrogens is 568 g/mol. The second-order valence-electron chi connectivity index (χ2n) is 11.9. The zero-order chi connectivity index (χ0) is 30.5. The topological polar surface area (TPSA) is 74.8 Å². The molecular formula is C36H40N4O3S. The molecule has 1 aliphatic heterocycles. The van der Waals surface area contributed by atoms with Crippen LogP contribution in [0.25, 0.3) is 0 Å². The number of ether oxygens (including phenoxy) is 1. The molecule has 4 aromatic rings. The monoisotopic (exact) mass is 608 g/mol. The van der Waals surface area contributed by atoms with Gasteiger partial charge < -0.3 is 15.0 Å². The maximum Gasteiger partial charge on any atom is 0.233 e. The van der Waals surface area contributed by atoms with Gasteiger partial charge in [0, 0.05) is 43.2 Å². The van der Waals surface area contributed by atoms with E-state index in [-0.39, 0.29) is 29.7 Å². The first kappa shape index (κ1) is 30.0. The molecule has 1 fully saturated rings. The summed E-state index contributed by atoms with van der Waals surface area (Å²) in [5.74, 6) is 0.404. The van der Waals surface area contributed by atoms with Crippen LogP contribution < -0.4 is 10.1 Å². The summed E-state index contributed by atoms with van der Waals surface area (Å²) in [6.45, 7) is 4.98. The van der Waals surface area contributed by atoms with E-state index in [1.165, 1.54) is 11.3 Å². The Morgan fingerprint density at radius 3 is 2.55 bits per heavy atom. The molecule has 0 radical (unpaired) electrons. The Hall–Kier alpha value is -4.01. The third-order valence-corrected chi connectivity index (χ3v) is 9.97. The van der Waals surface area contributed by atoms with Crippen molar-refractivity contribution in [2.75, 3.05) is 25.5 Å². The molecule has 228 valence electrons. The number of carbonyl (C=O) groups is 2. The van der Waals surface area contributed by atoms with Crippen molar-refractivity contribution in [1.29, 1.82) is 0 Å². The molecule has 3 aromatic carbocycles. The van der Waals surface area contributed by atoms with Crippen molar-refractivity contribution >= 4 is 28.3 Å². The van der Waals surface area contributed by atoms with Gasteiger partial charge in [-0.3, -0.25) is 14.5 Å². The number of carbonyl (C=O) groups excluding carboxylic acids is 2. The molecule has 2 amide bonds. The molecule has 1 aliphatic carbocycles. The maximum absolute atomic E-state index is 13.9. The molecule has 8 heteroatoms. The highest BCUT2D eigenvalue weighted by atomic mass is 32.1. The molecule has 0 spiro atoms. The zero-order valence-corrected chi connectivity index (χ0v) is 26.3. The number of rotatable bonds is 10. The molecule has 2 aliphatic rings. The normalized spacial score (nSPS) is 18.8. The molecule has 1 saturated heterocycles. The second-order valence-corrected chi connectivity index (χ2v) is 13.0. The number of fused-ring (bicyclic) bond motifs is 1. The Balaban J connectivity index is 1.06. The first-order valence-electron chi connectivity index (χ1n) is 15.6. The van der Waals surface area contributed by atoms with Gasteiger partial charge in [-0.1, -0.05) is 78.9 Å². The summed E-state index contributed by atoms with van der Waals surface area (Å²) in [7, 11) is 1.94. The minimum absolute atomic E-state index is 0.0830. The van der Waals surface area contributed by atoms with Crippen molar-refractivity contribution < 1.29 is 14.3 Å². The number of nitrogens with one attached hydrogen (secondary N) is 1. The number of likely N-dealkylation sites (tertiary alicyclic amines) is 1. The minimum Gasteiger partial charge on any atom is -0.489 e. The molecule has 3 unspecified atom stereocenters. The van der Waals surface area contributed by atoms with E-state index >= 15 is 0 Å². The summed E-state index contributed by atoms with van der Waals surface area (Å²) in [6.07, 6.45) is 3.57. The summed E-state index contributed by atoms with van der Waals surface area (Å²) in [5, 5.41) is 3.61. The molecule has 0 saturated carbocycles. The average molecular weight is 609 g/mol. The predicted octanol–water partition coefficient (Wildman–Crippen LogP) is 6.62. The van der Waals surface area contributed by atoms with E-state index in [2.05, 4.69) is 34.5 Å². The standard InChI is InChI=1S/C36H40N4O3S/c1-25(27-14-7-4-8-15-27)34(41)38-36-37-33-30(17-11-19-32(33)44-36)35(42)39(2)29-20-21-40(23-29)22-28-16-9-10-18-31(28)43-24-26-12-5-3-6-13-26/h3-10,12-16,18,25,29-30H,11,17,19-24H2,1-2H3,(H,37,38,41). The van der Waals surface area contributed by atoms with Crippen molar-refractivity contribution in [3.05, 3.63) is 112 Å². The number of anilines is 1. The van der Waals surface area contributed by atoms with Gasteiger partial charge in [0.1, 0.15) is 12.4 Å². The fourth-order valence-electron chi connectivity index (χ4n) is 6.27. The van der Waals surface area contributed by atoms with E-state index in [0.29, 0.717) is 11.7 Å². The van der Waals surface area contributed by atoms with Crippen molar-refractivity contribution in [3.8, 4) is 5.75 Å². The fourth-order valence-corrected chi connectivity index (χ4v) is 7.34. The zero-order valence-electron chi connectivity index (χ0n) is 25.4. The van der Waals surface area contributed by atoms with Crippen molar-refractivity contribution in [2.45, 2.75) is 63.6 Å². The number of hydrogen-bond acceptors (Lipinski definition) is 6. The van der Waals surface area contributed by atoms with Gasteiger partial charge in [0.25, 0.3) is 0 Å². The number of para-hydroxylation sites is 1. The van der Waals surface area contributed by atoms with Crippen LogP contribution in [-0.2, 0) is 29.2 Å². The molecule has 44 heavy (non-hydrogen) atoms. The van der Waals surface area contributed by atoms with Gasteiger partial charge in [0.2, 0.25) is 11.8 Å². The molecule has 0 bridgehead atoms. The lowest BCUT2D eigenvalue weighted by molar-refractivity contribution is -0.133. The van der Waals surface area contributed by atoms with E-state index in [1.807, 2.05) is 79.5 Å². The van der Waals surface area contributed by atoms with Gasteiger partial charge >= 0.3 is 0 Å². The quantitative estimate of drug-likeness (QED) is 0.219. The van der Waals surface area contributed by atoms with Crippen molar-refractivity contribution in [1.82, 2.24) is 14.8 Å². The molecule has 7 nitrogen and oxygen atoms in total. The van der Waals surface area contributed by atoms with Crippen molar-refractivity contribution in [3.63, 3.8) is 0 Å². The minimum atomic E-state index is -0.284. The van der Waals surface area contributed by atoms with Crippen LogP contribution in [0.2, 0.25) is 0 Å². The van der Waals surface area contributed by atoms with Crippen molar-refractivity contribution in [2.24, 2.45) is 0 Å². The number of hydrogen-bond donors (Lipinski definition) is 1. The Labute approximate surface area is 263 Å². The van der Waals surface area contributed by atoms with E-state index in [0.717, 1.165) is 78.3 Å². The van der Waals surface area contributed by atoms with Crippen LogP contribution in [0.4, 0.5) is 5.13 Å². The average Bonchev–Trinajstić information content (AvgIpc) is 3.71. The smallest absolute Gasteiger partial charge is 0.233 e. The highest BCUT2D eigenvalue weighted by Gasteiger charge is 2.36. The third-order valence-electron chi connectivity index (χ3n) is 8.92. The van der Waals surface area contributed by atoms with E-state index in [1.54, 1.807) is 0 Å². The van der Waals surface area contributed by atoms with Gasteiger partial charge in [0.05, 0.1) is 17.5 Å². The molecule has 3 atom stereocenters. The molecule has 6 rings (SSSR count). The Kier molecular flexibility index (Phi) is 9.38. The summed E-state index contributed by atoms with van der Waals surface area (Å²) < 4.78 is 6.20. The number of aryl methyl sites for hydroxylation is 1. The van der Waals surface area contributed by atoms with Gasteiger partial charge in [-0.05, 0) is 49.8 Å². The number of thiazole rings is 1. The summed E-state index contributed by atoms with van der Waals surface area (Å²) in [4.78, 5) is 37.1. The summed E-state index contributed by atoms with van der Waals surface area (Å²) >= 11 is 1.51. The second kappa shape index (κ2) is 13.7. The Morgan fingerprint density at radius 1 is 1.02 bits per heavy atom. The molecule has 1 aromatic heterocycles. The SMILES string of the molecule is CC(C(=O)Nc1nc2c(s1)CCCC2C(=O)N(C)C1CCN(Cc2ccccc2OCc2ccccc2)C1)c1ccccc1. The van der Waals surface area contributed by atoms with E-state index in [9.17, 15) is 9.59 Å². The van der Waals surface area contributed by atoms with Crippen LogP contribution in [0.3, 0.4) is 0 Å². The van der Waals surface area contributed by atoms with Gasteiger partial charge in [-0.2, -0.15) is 0 Å². The van der Waals surface area contributed by atoms with Crippen LogP contribution in [0.5, 0.6) is 5.75 Å². The first-order valence-corrected chi connectivity index (χ1v) is 16.4. The van der Waals surface area contributed by atoms with Gasteiger partial charge in [-0.15, -0.1) is 11.3 Å². The number of amides is 2. The fraction of sp³-hybridized carbons (Fsp3) is 0.361. The Bertz CT molecular complexity index is 1570. The number of aromatic nitrogens is 1. The lowest BCUT2D eigenvalue weighted by Gasteiger charge is -2.30. The van der Waals surface area contributed by atoms with Crippen LogP contribution >= 0.6 is 11.3 Å². The Morgan fingerprint density at radius 2 is 1.75 bits per heavy atom. The summed E-state index contributed by atoms with van der Waals surface area (Å²) in [5.41, 5.74) is 4.12. The largest absolute Gasteiger partial charge is 0.489 e. The van der Waals surface area contributed by atoms with Crippen LogP contribution in [0, 0.1) is 0 Å². The maximum atomic E-state index is 13.9. The van der Waals surface area contributed by atoms with Crippen LogP contribution in [-0.4, -0.2) is 52.8 Å². The highest BCUT2D eigenvalue weighted by molar-refractivity contribution is 7.15. The first-order chi connectivity index (χ1) is 21.5. The number of benzene rings is 3. The summed E-state index contributed by atoms with van der Waals surface area (Å²) in [6, 6.07) is 28.4. The number of likely N-dealkylation sites (N-methyl/N-ethyl adjacent to an activating group) is 1. The van der Waals surface area contributed by atoms with E-state index in [4.69, 9.17) is 9.72 Å². The van der Waals surface area contributed by atoms with E-state index < -0.39 is 0 Å². The molecule has 2 heterocycles. The lowest BCUT2D eigenvalue weighted by Crippen LogP contribution is -2.42. The lowest BCUT2D eigenvalue weighted by atomic mass is 9.89. The number of nitrogens with zero attached hydrogens (tertiary/aromatic N) is 3. The third kappa shape index (κ3) is 6.87. The highest BCUT2D eigenvalue weighted by Crippen LogP contribution is 2.38. The predicted molar refractivity (Wildman–Crippen MR) is 175 cm³/mol. The van der Waals surface area contributed by atoms with Gasteiger partial charge in [-0.25, -0.2) is 4.98 Å². The van der Waals surface area contributed by atoms with Crippen LogP contribution in [0.15, 0.2) is 84.9 Å².